The Morgan fingerprint density at radius 3 is 2.37 bits per heavy atom. The van der Waals surface area contributed by atoms with Crippen LogP contribution in [0.15, 0.2) is 48.5 Å². The molecule has 0 saturated heterocycles. The van der Waals surface area contributed by atoms with Crippen LogP contribution < -0.4 is 14.4 Å². The second-order valence-electron chi connectivity index (χ2n) is 6.27. The second kappa shape index (κ2) is 8.85. The summed E-state index contributed by atoms with van der Waals surface area (Å²) in [5.74, 6) is -0.354. The average molecular weight is 394 g/mol. The molecule has 0 aliphatic carbocycles. The minimum Gasteiger partial charge on any atom is -0.489 e. The Kier molecular flexibility index (Phi) is 6.79. The first-order valence-electron chi connectivity index (χ1n) is 8.45. The molecule has 0 atom stereocenters. The van der Waals surface area contributed by atoms with Crippen molar-refractivity contribution >= 4 is 27.3 Å². The van der Waals surface area contributed by atoms with Gasteiger partial charge in [-0.25, -0.2) is 12.8 Å². The van der Waals surface area contributed by atoms with Crippen molar-refractivity contribution in [3.05, 3.63) is 54.3 Å². The van der Waals surface area contributed by atoms with E-state index in [2.05, 4.69) is 5.32 Å². The molecule has 2 rings (SSSR count). The summed E-state index contributed by atoms with van der Waals surface area (Å²) in [4.78, 5) is 12.2. The van der Waals surface area contributed by atoms with Crippen molar-refractivity contribution in [2.75, 3.05) is 22.4 Å². The standard InChI is InChI=1S/C19H23FN2O4S/c1-14(2)26-18-7-5-4-6-17(18)22(27(3,24)25)13-12-19(23)21-16-10-8-15(20)9-11-16/h4-11,14H,12-13H2,1-3H3,(H,21,23). The molecular weight excluding hydrogens is 371 g/mol. The van der Waals surface area contributed by atoms with Gasteiger partial charge >= 0.3 is 0 Å². The number of amides is 1. The molecule has 6 nitrogen and oxygen atoms in total. The van der Waals surface area contributed by atoms with Crippen molar-refractivity contribution in [2.45, 2.75) is 26.4 Å². The summed E-state index contributed by atoms with van der Waals surface area (Å²) < 4.78 is 44.3. The van der Waals surface area contributed by atoms with Gasteiger partial charge in [-0.2, -0.15) is 0 Å². The third-order valence-corrected chi connectivity index (χ3v) is 4.75. The summed E-state index contributed by atoms with van der Waals surface area (Å²) >= 11 is 0. The van der Waals surface area contributed by atoms with E-state index in [1.54, 1.807) is 24.3 Å². The van der Waals surface area contributed by atoms with Gasteiger partial charge in [-0.3, -0.25) is 9.10 Å². The van der Waals surface area contributed by atoms with Crippen molar-refractivity contribution < 1.29 is 22.3 Å². The number of para-hydroxylation sites is 2. The fourth-order valence-electron chi connectivity index (χ4n) is 2.44. The normalized spacial score (nSPS) is 11.3. The van der Waals surface area contributed by atoms with Crippen LogP contribution in [0.2, 0.25) is 0 Å². The van der Waals surface area contributed by atoms with Crippen molar-refractivity contribution in [3.8, 4) is 5.75 Å². The fourth-order valence-corrected chi connectivity index (χ4v) is 3.37. The van der Waals surface area contributed by atoms with Crippen LogP contribution in [0.5, 0.6) is 5.75 Å². The van der Waals surface area contributed by atoms with Crippen molar-refractivity contribution in [2.24, 2.45) is 0 Å². The van der Waals surface area contributed by atoms with E-state index in [4.69, 9.17) is 4.74 Å². The lowest BCUT2D eigenvalue weighted by Gasteiger charge is -2.25. The zero-order valence-corrected chi connectivity index (χ0v) is 16.3. The Bertz CT molecular complexity index is 883. The van der Waals surface area contributed by atoms with E-state index < -0.39 is 15.8 Å². The second-order valence-corrected chi connectivity index (χ2v) is 8.18. The van der Waals surface area contributed by atoms with Crippen LogP contribution in [0.4, 0.5) is 15.8 Å². The van der Waals surface area contributed by atoms with Crippen LogP contribution in [0.25, 0.3) is 0 Å². The third kappa shape index (κ3) is 6.25. The maximum Gasteiger partial charge on any atom is 0.232 e. The molecular formula is C19H23FN2O4S. The van der Waals surface area contributed by atoms with Gasteiger partial charge in [-0.05, 0) is 50.2 Å². The zero-order valence-electron chi connectivity index (χ0n) is 15.5. The van der Waals surface area contributed by atoms with E-state index in [-0.39, 0.29) is 25.0 Å². The molecule has 146 valence electrons. The van der Waals surface area contributed by atoms with Gasteiger partial charge in [-0.15, -0.1) is 0 Å². The Labute approximate surface area is 159 Å². The van der Waals surface area contributed by atoms with Crippen molar-refractivity contribution in [1.29, 1.82) is 0 Å². The van der Waals surface area contributed by atoms with Crippen LogP contribution >= 0.6 is 0 Å². The maximum atomic E-state index is 12.9. The first-order valence-corrected chi connectivity index (χ1v) is 10.3. The number of hydrogen-bond donors (Lipinski definition) is 1. The van der Waals surface area contributed by atoms with Gasteiger partial charge in [0.1, 0.15) is 11.6 Å². The highest BCUT2D eigenvalue weighted by Gasteiger charge is 2.22. The van der Waals surface area contributed by atoms with E-state index in [0.29, 0.717) is 17.1 Å². The molecule has 0 aliphatic rings. The Morgan fingerprint density at radius 2 is 1.78 bits per heavy atom. The number of nitrogens with zero attached hydrogens (tertiary/aromatic N) is 1. The van der Waals surface area contributed by atoms with Gasteiger partial charge in [0, 0.05) is 18.7 Å². The van der Waals surface area contributed by atoms with Crippen LogP contribution in [0.3, 0.4) is 0 Å². The largest absolute Gasteiger partial charge is 0.489 e. The van der Waals surface area contributed by atoms with E-state index in [9.17, 15) is 17.6 Å². The third-order valence-electron chi connectivity index (χ3n) is 3.57. The summed E-state index contributed by atoms with van der Waals surface area (Å²) in [5.41, 5.74) is 0.819. The Balaban J connectivity index is 2.14. The monoisotopic (exact) mass is 394 g/mol. The number of benzene rings is 2. The number of rotatable bonds is 8. The minimum atomic E-state index is -3.63. The molecule has 0 aliphatic heterocycles. The lowest BCUT2D eigenvalue weighted by molar-refractivity contribution is -0.116. The highest BCUT2D eigenvalue weighted by Crippen LogP contribution is 2.30. The quantitative estimate of drug-likeness (QED) is 0.745. The van der Waals surface area contributed by atoms with Gasteiger partial charge in [0.05, 0.1) is 18.0 Å². The average Bonchev–Trinajstić information content (AvgIpc) is 2.57. The number of carbonyl (C=O) groups excluding carboxylic acids is 1. The predicted octanol–water partition coefficient (Wildman–Crippen LogP) is 3.41. The molecule has 0 radical (unpaired) electrons. The first kappa shape index (κ1) is 20.7. The molecule has 0 fully saturated rings. The number of halogens is 1. The number of anilines is 2. The highest BCUT2D eigenvalue weighted by atomic mass is 32.2. The lowest BCUT2D eigenvalue weighted by atomic mass is 10.2. The molecule has 2 aromatic rings. The first-order chi connectivity index (χ1) is 12.7. The van der Waals surface area contributed by atoms with Crippen LogP contribution in [-0.2, 0) is 14.8 Å². The number of nitrogens with one attached hydrogen (secondary N) is 1. The fraction of sp³-hybridized carbons (Fsp3) is 0.316. The summed E-state index contributed by atoms with van der Waals surface area (Å²) in [6, 6.07) is 12.1. The predicted molar refractivity (Wildman–Crippen MR) is 104 cm³/mol. The van der Waals surface area contributed by atoms with Crippen LogP contribution in [0, 0.1) is 5.82 Å². The van der Waals surface area contributed by atoms with Crippen LogP contribution in [0.1, 0.15) is 20.3 Å². The van der Waals surface area contributed by atoms with E-state index in [1.165, 1.54) is 24.3 Å². The number of sulfonamides is 1. The number of carbonyl (C=O) groups is 1. The van der Waals surface area contributed by atoms with E-state index >= 15 is 0 Å². The van der Waals surface area contributed by atoms with Crippen molar-refractivity contribution in [1.82, 2.24) is 0 Å². The summed E-state index contributed by atoms with van der Waals surface area (Å²) in [5, 5.41) is 2.62. The topological polar surface area (TPSA) is 75.7 Å². The Hall–Kier alpha value is -2.61. The smallest absolute Gasteiger partial charge is 0.232 e. The number of hydrogen-bond acceptors (Lipinski definition) is 4. The van der Waals surface area contributed by atoms with E-state index in [1.807, 2.05) is 13.8 Å². The summed E-state index contributed by atoms with van der Waals surface area (Å²) in [6.45, 7) is 3.64. The maximum absolute atomic E-state index is 12.9. The molecule has 0 bridgehead atoms. The molecule has 0 aromatic heterocycles. The zero-order chi connectivity index (χ0) is 20.0. The van der Waals surface area contributed by atoms with Gasteiger partial charge in [0.2, 0.25) is 15.9 Å². The highest BCUT2D eigenvalue weighted by molar-refractivity contribution is 7.92. The van der Waals surface area contributed by atoms with Gasteiger partial charge < -0.3 is 10.1 Å². The molecule has 2 aromatic carbocycles. The molecule has 27 heavy (non-hydrogen) atoms. The summed E-state index contributed by atoms with van der Waals surface area (Å²) in [7, 11) is -3.63. The van der Waals surface area contributed by atoms with E-state index in [0.717, 1.165) is 10.6 Å². The molecule has 0 spiro atoms. The van der Waals surface area contributed by atoms with Crippen molar-refractivity contribution in [3.63, 3.8) is 0 Å². The van der Waals surface area contributed by atoms with Gasteiger partial charge in [0.25, 0.3) is 0 Å². The molecule has 1 amide bonds. The molecule has 8 heteroatoms. The minimum absolute atomic E-state index is 0.0513. The lowest BCUT2D eigenvalue weighted by Crippen LogP contribution is -2.33. The Morgan fingerprint density at radius 1 is 1.15 bits per heavy atom. The molecule has 0 saturated carbocycles. The van der Waals surface area contributed by atoms with Crippen LogP contribution in [-0.4, -0.2) is 33.2 Å². The summed E-state index contributed by atoms with van der Waals surface area (Å²) in [6.07, 6.45) is 0.881. The molecule has 0 heterocycles. The molecule has 1 N–H and O–H groups in total. The number of ether oxygens (including phenoxy) is 1. The molecule has 0 unspecified atom stereocenters. The van der Waals surface area contributed by atoms with Gasteiger partial charge in [-0.1, -0.05) is 12.1 Å². The SMILES string of the molecule is CC(C)Oc1ccccc1N(CCC(=O)Nc1ccc(F)cc1)S(C)(=O)=O. The van der Waals surface area contributed by atoms with Gasteiger partial charge in [0.15, 0.2) is 0 Å².